The summed E-state index contributed by atoms with van der Waals surface area (Å²) in [5.74, 6) is 0.00445. The molecule has 1 aliphatic carbocycles. The van der Waals surface area contributed by atoms with Crippen molar-refractivity contribution < 1.29 is 4.79 Å². The van der Waals surface area contributed by atoms with Gasteiger partial charge in [-0.3, -0.25) is 4.79 Å². The van der Waals surface area contributed by atoms with Gasteiger partial charge in [-0.1, -0.05) is 37.5 Å². The van der Waals surface area contributed by atoms with E-state index in [2.05, 4.69) is 6.07 Å². The number of benzene rings is 1. The van der Waals surface area contributed by atoms with Gasteiger partial charge in [0.1, 0.15) is 5.54 Å². The molecule has 0 spiro atoms. The summed E-state index contributed by atoms with van der Waals surface area (Å²) < 4.78 is 0. The molecule has 1 aromatic carbocycles. The lowest BCUT2D eigenvalue weighted by Gasteiger charge is -2.39. The Labute approximate surface area is 127 Å². The molecule has 0 unspecified atom stereocenters. The molecule has 1 amide bonds. The molecule has 0 atom stereocenters. The zero-order valence-corrected chi connectivity index (χ0v) is 12.9. The van der Waals surface area contributed by atoms with Crippen molar-refractivity contribution in [2.24, 2.45) is 0 Å². The minimum atomic E-state index is -0.604. The molecule has 0 saturated heterocycles. The van der Waals surface area contributed by atoms with Crippen molar-refractivity contribution in [3.63, 3.8) is 0 Å². The van der Waals surface area contributed by atoms with E-state index in [1.807, 2.05) is 42.3 Å². The van der Waals surface area contributed by atoms with E-state index in [0.717, 1.165) is 37.8 Å². The van der Waals surface area contributed by atoms with E-state index in [1.54, 1.807) is 11.9 Å². The predicted octanol–water partition coefficient (Wildman–Crippen LogP) is 2.81. The van der Waals surface area contributed by atoms with E-state index in [0.29, 0.717) is 6.54 Å². The van der Waals surface area contributed by atoms with Crippen LogP contribution in [0.4, 0.5) is 5.69 Å². The third-order valence-electron chi connectivity index (χ3n) is 4.47. The summed E-state index contributed by atoms with van der Waals surface area (Å²) in [6.45, 7) is 0.296. The van der Waals surface area contributed by atoms with E-state index in [4.69, 9.17) is 0 Å². The molecule has 1 fully saturated rings. The highest BCUT2D eigenvalue weighted by Gasteiger charge is 2.38. The number of nitrogens with zero attached hydrogens (tertiary/aromatic N) is 3. The Balaban J connectivity index is 2.04. The second-order valence-electron chi connectivity index (χ2n) is 5.85. The number of rotatable bonds is 4. The molecule has 0 aromatic heterocycles. The number of carbonyl (C=O) groups excluding carboxylic acids is 1. The van der Waals surface area contributed by atoms with Crippen LogP contribution >= 0.6 is 0 Å². The number of nitriles is 1. The summed E-state index contributed by atoms with van der Waals surface area (Å²) in [5, 5.41) is 9.55. The number of likely N-dealkylation sites (N-methyl/N-ethyl adjacent to an activating group) is 2. The van der Waals surface area contributed by atoms with Crippen LogP contribution in [0.2, 0.25) is 0 Å². The molecule has 1 saturated carbocycles. The maximum atomic E-state index is 12.5. The van der Waals surface area contributed by atoms with Gasteiger partial charge in [0.15, 0.2) is 0 Å². The molecular weight excluding hydrogens is 262 g/mol. The number of carbonyl (C=O) groups is 1. The van der Waals surface area contributed by atoms with Crippen LogP contribution in [0.3, 0.4) is 0 Å². The van der Waals surface area contributed by atoms with Crippen LogP contribution in [0.15, 0.2) is 30.3 Å². The summed E-state index contributed by atoms with van der Waals surface area (Å²) in [5.41, 5.74) is 0.404. The van der Waals surface area contributed by atoms with Gasteiger partial charge >= 0.3 is 0 Å². The third kappa shape index (κ3) is 3.36. The van der Waals surface area contributed by atoms with Gasteiger partial charge in [0.25, 0.3) is 0 Å². The Morgan fingerprint density at radius 3 is 2.38 bits per heavy atom. The van der Waals surface area contributed by atoms with Gasteiger partial charge in [0, 0.05) is 19.8 Å². The summed E-state index contributed by atoms with van der Waals surface area (Å²) >= 11 is 0. The highest BCUT2D eigenvalue weighted by molar-refractivity contribution is 5.82. The molecule has 21 heavy (non-hydrogen) atoms. The fourth-order valence-electron chi connectivity index (χ4n) is 2.98. The van der Waals surface area contributed by atoms with Crippen molar-refractivity contribution in [1.29, 1.82) is 5.26 Å². The first kappa shape index (κ1) is 15.4. The van der Waals surface area contributed by atoms with Crippen LogP contribution in [-0.4, -0.2) is 37.0 Å². The lowest BCUT2D eigenvalue weighted by molar-refractivity contribution is -0.133. The van der Waals surface area contributed by atoms with Crippen LogP contribution < -0.4 is 4.90 Å². The quantitative estimate of drug-likeness (QED) is 0.854. The van der Waals surface area contributed by atoms with E-state index < -0.39 is 5.54 Å². The molecule has 0 bridgehead atoms. The molecule has 0 radical (unpaired) electrons. The summed E-state index contributed by atoms with van der Waals surface area (Å²) in [7, 11) is 3.68. The first-order chi connectivity index (χ1) is 10.1. The number of para-hydroxylation sites is 1. The summed E-state index contributed by atoms with van der Waals surface area (Å²) in [6.07, 6.45) is 4.80. The van der Waals surface area contributed by atoms with Crippen LogP contribution in [0.5, 0.6) is 0 Å². The summed E-state index contributed by atoms with van der Waals surface area (Å²) in [6, 6.07) is 12.2. The standard InChI is InChI=1S/C17H23N3O/c1-19(15-9-5-3-6-10-15)13-16(21)20(2)17(14-18)11-7-4-8-12-17/h3,5-6,9-10H,4,7-8,11-13H2,1-2H3. The highest BCUT2D eigenvalue weighted by Crippen LogP contribution is 2.32. The average Bonchev–Trinajstić information content (AvgIpc) is 2.55. The SMILES string of the molecule is CN(CC(=O)N(C)C1(C#N)CCCCC1)c1ccccc1. The van der Waals surface area contributed by atoms with Gasteiger partial charge in [0.2, 0.25) is 5.91 Å². The maximum Gasteiger partial charge on any atom is 0.243 e. The van der Waals surface area contributed by atoms with Crippen molar-refractivity contribution in [2.75, 3.05) is 25.5 Å². The molecule has 0 heterocycles. The minimum absolute atomic E-state index is 0.00445. The fourth-order valence-corrected chi connectivity index (χ4v) is 2.98. The highest BCUT2D eigenvalue weighted by atomic mass is 16.2. The van der Waals surface area contributed by atoms with E-state index in [9.17, 15) is 10.1 Å². The Morgan fingerprint density at radius 2 is 1.81 bits per heavy atom. The van der Waals surface area contributed by atoms with Gasteiger partial charge in [-0.2, -0.15) is 5.26 Å². The Hall–Kier alpha value is -2.02. The fraction of sp³-hybridized carbons (Fsp3) is 0.529. The number of anilines is 1. The van der Waals surface area contributed by atoms with Crippen molar-refractivity contribution >= 4 is 11.6 Å². The maximum absolute atomic E-state index is 12.5. The van der Waals surface area contributed by atoms with E-state index >= 15 is 0 Å². The molecule has 2 rings (SSSR count). The van der Waals surface area contributed by atoms with Gasteiger partial charge < -0.3 is 9.80 Å². The monoisotopic (exact) mass is 285 g/mol. The van der Waals surface area contributed by atoms with Gasteiger partial charge in [-0.15, -0.1) is 0 Å². The molecule has 4 nitrogen and oxygen atoms in total. The lowest BCUT2D eigenvalue weighted by Crippen LogP contribution is -2.52. The second-order valence-corrected chi connectivity index (χ2v) is 5.85. The molecule has 4 heteroatoms. The number of hydrogen-bond donors (Lipinski definition) is 0. The van der Waals surface area contributed by atoms with E-state index in [-0.39, 0.29) is 5.91 Å². The van der Waals surface area contributed by atoms with Crippen LogP contribution in [0.1, 0.15) is 32.1 Å². The van der Waals surface area contributed by atoms with Crippen molar-refractivity contribution in [3.8, 4) is 6.07 Å². The first-order valence-corrected chi connectivity index (χ1v) is 7.53. The molecule has 0 aliphatic heterocycles. The predicted molar refractivity (Wildman–Crippen MR) is 83.9 cm³/mol. The van der Waals surface area contributed by atoms with Gasteiger partial charge in [-0.05, 0) is 25.0 Å². The molecule has 1 aliphatic rings. The van der Waals surface area contributed by atoms with Gasteiger partial charge in [-0.25, -0.2) is 0 Å². The molecule has 1 aromatic rings. The Kier molecular flexibility index (Phi) is 4.85. The summed E-state index contributed by atoms with van der Waals surface area (Å²) in [4.78, 5) is 16.1. The Bertz CT molecular complexity index is 515. The largest absolute Gasteiger partial charge is 0.365 e. The Morgan fingerprint density at radius 1 is 1.19 bits per heavy atom. The first-order valence-electron chi connectivity index (χ1n) is 7.53. The van der Waals surface area contributed by atoms with Crippen molar-refractivity contribution in [2.45, 2.75) is 37.6 Å². The molecular formula is C17H23N3O. The number of hydrogen-bond acceptors (Lipinski definition) is 3. The van der Waals surface area contributed by atoms with Crippen LogP contribution in [0.25, 0.3) is 0 Å². The smallest absolute Gasteiger partial charge is 0.243 e. The second kappa shape index (κ2) is 6.62. The zero-order valence-electron chi connectivity index (χ0n) is 12.9. The normalized spacial score (nSPS) is 16.8. The lowest BCUT2D eigenvalue weighted by atomic mass is 9.81. The molecule has 112 valence electrons. The van der Waals surface area contributed by atoms with Crippen LogP contribution in [-0.2, 0) is 4.79 Å². The number of amides is 1. The average molecular weight is 285 g/mol. The van der Waals surface area contributed by atoms with Crippen molar-refractivity contribution in [1.82, 2.24) is 4.90 Å². The minimum Gasteiger partial charge on any atom is -0.365 e. The zero-order chi connectivity index (χ0) is 15.3. The molecule has 0 N–H and O–H groups in total. The topological polar surface area (TPSA) is 47.3 Å². The van der Waals surface area contributed by atoms with Crippen molar-refractivity contribution in [3.05, 3.63) is 30.3 Å². The van der Waals surface area contributed by atoms with Crippen LogP contribution in [0, 0.1) is 11.3 Å². The van der Waals surface area contributed by atoms with Gasteiger partial charge in [0.05, 0.1) is 12.6 Å². The third-order valence-corrected chi connectivity index (χ3v) is 4.47. The van der Waals surface area contributed by atoms with E-state index in [1.165, 1.54) is 0 Å².